The average molecular weight is 335 g/mol. The molecule has 0 fully saturated rings. The molecule has 0 unspecified atom stereocenters. The predicted octanol–water partition coefficient (Wildman–Crippen LogP) is 3.98. The van der Waals surface area contributed by atoms with Gasteiger partial charge in [-0.1, -0.05) is 42.5 Å². The van der Waals surface area contributed by atoms with Gasteiger partial charge in [-0.15, -0.1) is 0 Å². The molecular weight excluding hydrogens is 310 g/mol. The third-order valence-corrected chi connectivity index (χ3v) is 4.48. The van der Waals surface area contributed by atoms with E-state index in [9.17, 15) is 4.79 Å². The van der Waals surface area contributed by atoms with Crippen LogP contribution in [0.3, 0.4) is 0 Å². The second-order valence-corrected chi connectivity index (χ2v) is 6.26. The van der Waals surface area contributed by atoms with Crippen molar-refractivity contribution >= 4 is 16.9 Å². The van der Waals surface area contributed by atoms with E-state index in [0.717, 1.165) is 42.8 Å². The predicted molar refractivity (Wildman–Crippen MR) is 101 cm³/mol. The lowest BCUT2D eigenvalue weighted by molar-refractivity contribution is -0.131. The van der Waals surface area contributed by atoms with E-state index in [4.69, 9.17) is 0 Å². The van der Waals surface area contributed by atoms with E-state index in [0.29, 0.717) is 12.8 Å². The lowest BCUT2D eigenvalue weighted by atomic mass is 10.1. The number of imidazole rings is 1. The highest BCUT2D eigenvalue weighted by Gasteiger charge is 2.12. The number of amides is 1. The molecule has 25 heavy (non-hydrogen) atoms. The van der Waals surface area contributed by atoms with Crippen molar-refractivity contribution < 1.29 is 4.79 Å². The summed E-state index contributed by atoms with van der Waals surface area (Å²) in [6, 6.07) is 18.4. The monoisotopic (exact) mass is 335 g/mol. The van der Waals surface area contributed by atoms with Crippen LogP contribution in [-0.2, 0) is 17.6 Å². The van der Waals surface area contributed by atoms with E-state index in [1.807, 2.05) is 42.2 Å². The average Bonchev–Trinajstić information content (AvgIpc) is 3.07. The van der Waals surface area contributed by atoms with Crippen LogP contribution >= 0.6 is 0 Å². The highest BCUT2D eigenvalue weighted by atomic mass is 16.2. The molecule has 0 spiro atoms. The van der Waals surface area contributed by atoms with Crippen LogP contribution in [0.2, 0.25) is 0 Å². The van der Waals surface area contributed by atoms with Crippen LogP contribution in [0.1, 0.15) is 31.2 Å². The molecule has 0 aliphatic carbocycles. The number of nitrogens with zero attached hydrogens (tertiary/aromatic N) is 2. The molecule has 3 rings (SSSR count). The second-order valence-electron chi connectivity index (χ2n) is 6.26. The molecule has 4 nitrogen and oxygen atoms in total. The molecule has 0 atom stereocenters. The van der Waals surface area contributed by atoms with Crippen molar-refractivity contribution in [2.75, 3.05) is 13.1 Å². The standard InChI is InChI=1S/C21H25N3O/c1-2-24(16-8-11-17-9-4-3-5-10-17)21(25)15-14-20-22-18-12-6-7-13-19(18)23-20/h3-7,9-10,12-13H,2,8,11,14-16H2,1H3,(H,22,23). The third kappa shape index (κ3) is 4.69. The minimum absolute atomic E-state index is 0.205. The second kappa shape index (κ2) is 8.47. The topological polar surface area (TPSA) is 49.0 Å². The normalized spacial score (nSPS) is 10.9. The molecule has 1 N–H and O–H groups in total. The number of H-pyrrole nitrogens is 1. The van der Waals surface area contributed by atoms with Crippen LogP contribution in [0.25, 0.3) is 11.0 Å². The van der Waals surface area contributed by atoms with E-state index in [1.54, 1.807) is 0 Å². The number of carbonyl (C=O) groups is 1. The number of nitrogens with one attached hydrogen (secondary N) is 1. The zero-order valence-electron chi connectivity index (χ0n) is 14.7. The number of hydrogen-bond acceptors (Lipinski definition) is 2. The van der Waals surface area contributed by atoms with Crippen molar-refractivity contribution in [1.82, 2.24) is 14.9 Å². The Labute approximate surface area is 148 Å². The summed E-state index contributed by atoms with van der Waals surface area (Å²) < 4.78 is 0. The smallest absolute Gasteiger partial charge is 0.223 e. The number of aromatic amines is 1. The number of aromatic nitrogens is 2. The molecule has 3 aromatic rings. The number of rotatable bonds is 8. The van der Waals surface area contributed by atoms with E-state index in [1.165, 1.54) is 5.56 Å². The van der Waals surface area contributed by atoms with Crippen LogP contribution < -0.4 is 0 Å². The minimum atomic E-state index is 0.205. The first-order valence-corrected chi connectivity index (χ1v) is 9.01. The summed E-state index contributed by atoms with van der Waals surface area (Å²) >= 11 is 0. The third-order valence-electron chi connectivity index (χ3n) is 4.48. The molecule has 0 saturated heterocycles. The van der Waals surface area contributed by atoms with Gasteiger partial charge >= 0.3 is 0 Å². The van der Waals surface area contributed by atoms with E-state index in [2.05, 4.69) is 34.2 Å². The van der Waals surface area contributed by atoms with E-state index >= 15 is 0 Å². The number of carbonyl (C=O) groups excluding carboxylic acids is 1. The Kier molecular flexibility index (Phi) is 5.83. The molecule has 4 heteroatoms. The zero-order chi connectivity index (χ0) is 17.5. The van der Waals surface area contributed by atoms with Gasteiger partial charge in [-0.3, -0.25) is 4.79 Å². The fourth-order valence-corrected chi connectivity index (χ4v) is 3.09. The Morgan fingerprint density at radius 1 is 1.04 bits per heavy atom. The van der Waals surface area contributed by atoms with Gasteiger partial charge in [-0.05, 0) is 37.5 Å². The van der Waals surface area contributed by atoms with Gasteiger partial charge in [-0.2, -0.15) is 0 Å². The van der Waals surface area contributed by atoms with Crippen LogP contribution in [0.15, 0.2) is 54.6 Å². The first-order chi connectivity index (χ1) is 12.3. The molecule has 1 amide bonds. The number of para-hydroxylation sites is 2. The lowest BCUT2D eigenvalue weighted by Crippen LogP contribution is -2.32. The summed E-state index contributed by atoms with van der Waals surface area (Å²) in [4.78, 5) is 22.3. The van der Waals surface area contributed by atoms with Crippen molar-refractivity contribution in [2.45, 2.75) is 32.6 Å². The summed E-state index contributed by atoms with van der Waals surface area (Å²) in [6.07, 6.45) is 3.16. The molecule has 1 aromatic heterocycles. The molecule has 0 aliphatic heterocycles. The Morgan fingerprint density at radius 3 is 2.56 bits per heavy atom. The molecule has 130 valence electrons. The molecule has 1 heterocycles. The summed E-state index contributed by atoms with van der Waals surface area (Å²) in [5.41, 5.74) is 3.31. The highest BCUT2D eigenvalue weighted by molar-refractivity contribution is 5.77. The van der Waals surface area contributed by atoms with Gasteiger partial charge in [-0.25, -0.2) is 4.98 Å². The summed E-state index contributed by atoms with van der Waals surface area (Å²) in [5, 5.41) is 0. The number of hydrogen-bond donors (Lipinski definition) is 1. The summed E-state index contributed by atoms with van der Waals surface area (Å²) in [5.74, 6) is 1.09. The van der Waals surface area contributed by atoms with Crippen LogP contribution in [0.4, 0.5) is 0 Å². The lowest BCUT2D eigenvalue weighted by Gasteiger charge is -2.20. The minimum Gasteiger partial charge on any atom is -0.343 e. The quantitative estimate of drug-likeness (QED) is 0.677. The number of benzene rings is 2. The molecule has 0 radical (unpaired) electrons. The van der Waals surface area contributed by atoms with Crippen molar-refractivity contribution in [1.29, 1.82) is 0 Å². The van der Waals surface area contributed by atoms with Gasteiger partial charge in [0.15, 0.2) is 0 Å². The van der Waals surface area contributed by atoms with Gasteiger partial charge in [0.05, 0.1) is 11.0 Å². The Bertz CT molecular complexity index is 777. The maximum Gasteiger partial charge on any atom is 0.223 e. The first-order valence-electron chi connectivity index (χ1n) is 9.01. The van der Waals surface area contributed by atoms with E-state index in [-0.39, 0.29) is 5.91 Å². The van der Waals surface area contributed by atoms with Crippen molar-refractivity contribution in [3.05, 3.63) is 66.0 Å². The Morgan fingerprint density at radius 2 is 1.80 bits per heavy atom. The molecule has 0 bridgehead atoms. The Balaban J connectivity index is 1.48. The van der Waals surface area contributed by atoms with Gasteiger partial charge in [0.25, 0.3) is 0 Å². The van der Waals surface area contributed by atoms with Crippen molar-refractivity contribution in [3.63, 3.8) is 0 Å². The first kappa shape index (κ1) is 17.2. The number of aryl methyl sites for hydroxylation is 2. The zero-order valence-corrected chi connectivity index (χ0v) is 14.7. The van der Waals surface area contributed by atoms with Gasteiger partial charge in [0.2, 0.25) is 5.91 Å². The summed E-state index contributed by atoms with van der Waals surface area (Å²) in [6.45, 7) is 3.61. The molecule has 2 aromatic carbocycles. The fourth-order valence-electron chi connectivity index (χ4n) is 3.09. The SMILES string of the molecule is CCN(CCCc1ccccc1)C(=O)CCc1nc2ccccc2[nH]1. The molecular formula is C21H25N3O. The largest absolute Gasteiger partial charge is 0.343 e. The maximum atomic E-state index is 12.5. The van der Waals surface area contributed by atoms with Gasteiger partial charge < -0.3 is 9.88 Å². The van der Waals surface area contributed by atoms with Crippen molar-refractivity contribution in [3.8, 4) is 0 Å². The number of fused-ring (bicyclic) bond motifs is 1. The molecule has 0 aliphatic rings. The van der Waals surface area contributed by atoms with Crippen LogP contribution in [0, 0.1) is 0 Å². The van der Waals surface area contributed by atoms with Gasteiger partial charge in [0, 0.05) is 25.9 Å². The van der Waals surface area contributed by atoms with Crippen molar-refractivity contribution in [2.24, 2.45) is 0 Å². The highest BCUT2D eigenvalue weighted by Crippen LogP contribution is 2.12. The van der Waals surface area contributed by atoms with Crippen LogP contribution in [-0.4, -0.2) is 33.9 Å². The Hall–Kier alpha value is -2.62. The summed E-state index contributed by atoms with van der Waals surface area (Å²) in [7, 11) is 0. The van der Waals surface area contributed by atoms with Crippen LogP contribution in [0.5, 0.6) is 0 Å². The fraction of sp³-hybridized carbons (Fsp3) is 0.333. The van der Waals surface area contributed by atoms with Gasteiger partial charge in [0.1, 0.15) is 5.82 Å². The molecule has 0 saturated carbocycles. The maximum absolute atomic E-state index is 12.5. The van der Waals surface area contributed by atoms with E-state index < -0.39 is 0 Å².